The molecule has 57 heavy (non-hydrogen) atoms. The van der Waals surface area contributed by atoms with E-state index in [2.05, 4.69) is 28.0 Å². The first-order chi connectivity index (χ1) is 27.6. The number of amidine groups is 1. The van der Waals surface area contributed by atoms with Crippen LogP contribution in [0.5, 0.6) is 5.75 Å². The van der Waals surface area contributed by atoms with E-state index in [1.54, 1.807) is 54.6 Å². The van der Waals surface area contributed by atoms with Gasteiger partial charge in [-0.3, -0.25) is 15.0 Å². The fourth-order valence-corrected chi connectivity index (χ4v) is 7.72. The lowest BCUT2D eigenvalue weighted by Gasteiger charge is -2.19. The molecule has 6 rings (SSSR count). The normalized spacial score (nSPS) is 14.7. The van der Waals surface area contributed by atoms with Crippen molar-refractivity contribution in [3.8, 4) is 5.75 Å². The van der Waals surface area contributed by atoms with Crippen molar-refractivity contribution in [2.24, 2.45) is 4.99 Å². The molecular weight excluding hydrogens is 808 g/mol. The van der Waals surface area contributed by atoms with Gasteiger partial charge in [-0.25, -0.2) is 19.5 Å². The molecule has 1 aliphatic rings. The molecule has 2 amide bonds. The number of hydrogen-bond donors (Lipinski definition) is 2. The first kappa shape index (κ1) is 41.9. The summed E-state index contributed by atoms with van der Waals surface area (Å²) >= 11 is 26.0. The van der Waals surface area contributed by atoms with E-state index in [-0.39, 0.29) is 48.8 Å². The Morgan fingerprint density at radius 1 is 0.807 bits per heavy atom. The van der Waals surface area contributed by atoms with Crippen LogP contribution in [-0.2, 0) is 9.59 Å². The Balaban J connectivity index is 1.22. The van der Waals surface area contributed by atoms with Gasteiger partial charge in [-0.05, 0) is 67.1 Å². The summed E-state index contributed by atoms with van der Waals surface area (Å²) in [5.41, 5.74) is 4.85. The number of esters is 1. The predicted octanol–water partition coefficient (Wildman–Crippen LogP) is 11.7. The van der Waals surface area contributed by atoms with Crippen molar-refractivity contribution >= 4 is 98.1 Å². The van der Waals surface area contributed by atoms with Gasteiger partial charge in [-0.1, -0.05) is 141 Å². The van der Waals surface area contributed by atoms with E-state index in [1.807, 2.05) is 6.07 Å². The number of benzene rings is 4. The third-order valence-electron chi connectivity index (χ3n) is 9.53. The number of halogens is 4. The molecule has 1 unspecified atom stereocenters. The summed E-state index contributed by atoms with van der Waals surface area (Å²) in [6, 6.07) is 19.9. The third kappa shape index (κ3) is 10.8. The van der Waals surface area contributed by atoms with Crippen molar-refractivity contribution in [2.45, 2.75) is 90.0 Å². The summed E-state index contributed by atoms with van der Waals surface area (Å²) in [5.74, 6) is -0.853. The van der Waals surface area contributed by atoms with Crippen LogP contribution in [0.15, 0.2) is 83.9 Å². The maximum atomic E-state index is 14.4. The van der Waals surface area contributed by atoms with Crippen molar-refractivity contribution in [3.63, 3.8) is 0 Å². The summed E-state index contributed by atoms with van der Waals surface area (Å²) in [6.07, 6.45) is 13.5. The number of hydrazine groups is 1. The zero-order valence-corrected chi connectivity index (χ0v) is 34.5. The van der Waals surface area contributed by atoms with E-state index in [9.17, 15) is 14.4 Å². The molecule has 0 saturated carbocycles. The van der Waals surface area contributed by atoms with Crippen LogP contribution in [0.1, 0.15) is 100 Å². The SMILES string of the molecule is CCCCCCCCCCCCCC(=O)Nc1ccc(Cl)c(N=C2NN(c3c(Cl)cc(Cl)cc3Cl)C(=O)C2n2nnc3ccc(C(=O)Oc4ccccc4)cc32)c1. The number of hydrogen-bond acceptors (Lipinski definition) is 7. The van der Waals surface area contributed by atoms with Crippen molar-refractivity contribution < 1.29 is 19.1 Å². The number of anilines is 2. The molecule has 15 heteroatoms. The first-order valence-corrected chi connectivity index (χ1v) is 20.7. The van der Waals surface area contributed by atoms with E-state index in [0.717, 1.165) is 24.3 Å². The van der Waals surface area contributed by atoms with Crippen LogP contribution in [0.2, 0.25) is 20.1 Å². The molecule has 11 nitrogen and oxygen atoms in total. The van der Waals surface area contributed by atoms with Gasteiger partial charge in [0, 0.05) is 17.1 Å². The zero-order chi connectivity index (χ0) is 40.3. The van der Waals surface area contributed by atoms with Crippen LogP contribution < -0.4 is 20.5 Å². The molecule has 0 bridgehead atoms. The molecular formula is C42H43Cl4N7O4. The lowest BCUT2D eigenvalue weighted by Crippen LogP contribution is -2.36. The quantitative estimate of drug-likeness (QED) is 0.0510. The van der Waals surface area contributed by atoms with Crippen LogP contribution in [0.4, 0.5) is 17.1 Å². The Hall–Kier alpha value is -4.68. The number of fused-ring (bicyclic) bond motifs is 1. The van der Waals surface area contributed by atoms with E-state index >= 15 is 0 Å². The van der Waals surface area contributed by atoms with E-state index < -0.39 is 17.9 Å². The Kier molecular flexibility index (Phi) is 14.8. The number of nitrogens with zero attached hydrogens (tertiary/aromatic N) is 5. The molecule has 1 aromatic heterocycles. The van der Waals surface area contributed by atoms with Crippen LogP contribution in [0, 0.1) is 0 Å². The Morgan fingerprint density at radius 3 is 2.16 bits per heavy atom. The molecule has 0 spiro atoms. The molecule has 1 saturated heterocycles. The van der Waals surface area contributed by atoms with E-state index in [4.69, 9.17) is 56.1 Å². The minimum absolute atomic E-state index is 0.0810. The molecule has 5 aromatic rings. The van der Waals surface area contributed by atoms with E-state index in [1.165, 1.54) is 74.2 Å². The molecule has 4 aromatic carbocycles. The molecule has 0 radical (unpaired) electrons. The second kappa shape index (κ2) is 20.1. The van der Waals surface area contributed by atoms with Gasteiger partial charge in [-0.15, -0.1) is 5.10 Å². The van der Waals surface area contributed by atoms with Gasteiger partial charge in [0.05, 0.1) is 31.8 Å². The lowest BCUT2D eigenvalue weighted by molar-refractivity contribution is -0.119. The first-order valence-electron chi connectivity index (χ1n) is 19.2. The number of carbonyl (C=O) groups excluding carboxylic acids is 3. The Labute approximate surface area is 351 Å². The molecule has 1 aliphatic heterocycles. The number of nitrogens with one attached hydrogen (secondary N) is 2. The minimum atomic E-state index is -1.26. The zero-order valence-electron chi connectivity index (χ0n) is 31.4. The Morgan fingerprint density at radius 2 is 1.47 bits per heavy atom. The summed E-state index contributed by atoms with van der Waals surface area (Å²) in [7, 11) is 0. The molecule has 1 fully saturated rings. The molecule has 1 atom stereocenters. The number of rotatable bonds is 18. The van der Waals surface area contributed by atoms with Gasteiger partial charge in [0.15, 0.2) is 11.9 Å². The van der Waals surface area contributed by atoms with E-state index in [0.29, 0.717) is 28.9 Å². The van der Waals surface area contributed by atoms with Crippen LogP contribution in [-0.4, -0.2) is 38.6 Å². The van der Waals surface area contributed by atoms with Gasteiger partial charge in [0.1, 0.15) is 17.0 Å². The topological polar surface area (TPSA) is 131 Å². The summed E-state index contributed by atoms with van der Waals surface area (Å²) < 4.78 is 6.89. The standard InChI is InChI=1S/C42H43Cl4N7O4/c1-2-3-4-5-6-7-8-9-10-11-15-18-37(54)47-29-20-21-31(44)35(26-29)48-40-39(41(55)53(50-40)38-32(45)24-28(43)25-33(38)46)52-36-23-27(19-22-34(36)49-51-52)42(56)57-30-16-13-12-14-17-30/h12-14,16-17,19-26,39H,2-11,15,18H2,1H3,(H,47,54)(H,48,50). The highest BCUT2D eigenvalue weighted by Crippen LogP contribution is 2.40. The van der Waals surface area contributed by atoms with Crippen molar-refractivity contribution in [1.29, 1.82) is 0 Å². The number of aliphatic imine (C=N–C) groups is 1. The smallest absolute Gasteiger partial charge is 0.343 e. The molecule has 2 N–H and O–H groups in total. The molecule has 298 valence electrons. The highest BCUT2D eigenvalue weighted by Gasteiger charge is 2.43. The van der Waals surface area contributed by atoms with Gasteiger partial charge >= 0.3 is 5.97 Å². The highest BCUT2D eigenvalue weighted by atomic mass is 35.5. The fourth-order valence-electron chi connectivity index (χ4n) is 6.58. The second-order valence-corrected chi connectivity index (χ2v) is 15.5. The maximum Gasteiger partial charge on any atom is 0.343 e. The average molecular weight is 852 g/mol. The molecule has 0 aliphatic carbocycles. The third-order valence-corrected chi connectivity index (χ3v) is 10.6. The average Bonchev–Trinajstić information content (AvgIpc) is 3.74. The number of amides is 2. The number of para-hydroxylation sites is 1. The van der Waals surface area contributed by atoms with Crippen molar-refractivity contribution in [3.05, 3.63) is 105 Å². The minimum Gasteiger partial charge on any atom is -0.423 e. The predicted molar refractivity (Wildman–Crippen MR) is 228 cm³/mol. The Bertz CT molecular complexity index is 2230. The lowest BCUT2D eigenvalue weighted by atomic mass is 10.1. The number of ether oxygens (including phenoxy) is 1. The summed E-state index contributed by atoms with van der Waals surface area (Å²) in [5, 5.41) is 13.4. The van der Waals surface area contributed by atoms with Crippen LogP contribution >= 0.6 is 46.4 Å². The van der Waals surface area contributed by atoms with Crippen LogP contribution in [0.25, 0.3) is 11.0 Å². The fraction of sp³-hybridized carbons (Fsp3) is 0.333. The van der Waals surface area contributed by atoms with Crippen LogP contribution in [0.3, 0.4) is 0 Å². The second-order valence-electron chi connectivity index (χ2n) is 13.8. The maximum absolute atomic E-state index is 14.4. The number of aromatic nitrogens is 3. The highest BCUT2D eigenvalue weighted by molar-refractivity contribution is 6.43. The molecule has 2 heterocycles. The summed E-state index contributed by atoms with van der Waals surface area (Å²) in [6.45, 7) is 2.23. The number of unbranched alkanes of at least 4 members (excludes halogenated alkanes) is 10. The van der Waals surface area contributed by atoms with Gasteiger partial charge in [0.2, 0.25) is 5.91 Å². The van der Waals surface area contributed by atoms with Crippen molar-refractivity contribution in [1.82, 2.24) is 20.4 Å². The summed E-state index contributed by atoms with van der Waals surface area (Å²) in [4.78, 5) is 45.3. The van der Waals surface area contributed by atoms with Gasteiger partial charge in [-0.2, -0.15) is 0 Å². The van der Waals surface area contributed by atoms with Gasteiger partial charge in [0.25, 0.3) is 5.91 Å². The largest absolute Gasteiger partial charge is 0.423 e. The number of carbonyl (C=O) groups is 3. The van der Waals surface area contributed by atoms with Gasteiger partial charge < -0.3 is 10.1 Å². The van der Waals surface area contributed by atoms with Crippen molar-refractivity contribution in [2.75, 3.05) is 10.3 Å². The monoisotopic (exact) mass is 849 g/mol.